The minimum Gasteiger partial charge on any atom is -0.488 e. The van der Waals surface area contributed by atoms with Crippen LogP contribution in [0.5, 0.6) is 5.75 Å². The van der Waals surface area contributed by atoms with Gasteiger partial charge in [0.15, 0.2) is 0 Å². The Morgan fingerprint density at radius 1 is 1.44 bits per heavy atom. The smallest absolute Gasteiger partial charge is 0.420 e. The zero-order valence-corrected chi connectivity index (χ0v) is 9.36. The van der Waals surface area contributed by atoms with Gasteiger partial charge in [-0.1, -0.05) is 0 Å². The Bertz CT molecular complexity index is 390. The van der Waals surface area contributed by atoms with E-state index in [1.54, 1.807) is 6.26 Å². The normalized spacial score (nSPS) is 16.2. The third-order valence-electron chi connectivity index (χ3n) is 2.17. The summed E-state index contributed by atoms with van der Waals surface area (Å²) in [7, 11) is 0. The largest absolute Gasteiger partial charge is 0.488 e. The third-order valence-corrected chi connectivity index (χ3v) is 2.82. The van der Waals surface area contributed by atoms with E-state index < -0.39 is 11.7 Å². The SMILES string of the molecule is CSc1cc(C(F)(F)F)c(OC2CC2)cn1. The van der Waals surface area contributed by atoms with Gasteiger partial charge in [0.1, 0.15) is 11.3 Å². The summed E-state index contributed by atoms with van der Waals surface area (Å²) in [5.74, 6) is -0.159. The molecule has 6 heteroatoms. The summed E-state index contributed by atoms with van der Waals surface area (Å²) in [6, 6.07) is 1.03. The average molecular weight is 249 g/mol. The van der Waals surface area contributed by atoms with Crippen LogP contribution in [0.2, 0.25) is 0 Å². The predicted molar refractivity (Wildman–Crippen MR) is 54.7 cm³/mol. The molecule has 1 aliphatic rings. The highest BCUT2D eigenvalue weighted by Gasteiger charge is 2.36. The number of thioether (sulfide) groups is 1. The van der Waals surface area contributed by atoms with Gasteiger partial charge in [-0.05, 0) is 25.2 Å². The van der Waals surface area contributed by atoms with Crippen LogP contribution < -0.4 is 4.74 Å². The predicted octanol–water partition coefficient (Wildman–Crippen LogP) is 3.36. The van der Waals surface area contributed by atoms with Crippen LogP contribution in [0.15, 0.2) is 17.3 Å². The van der Waals surface area contributed by atoms with E-state index in [0.29, 0.717) is 5.03 Å². The van der Waals surface area contributed by atoms with Crippen molar-refractivity contribution in [2.45, 2.75) is 30.1 Å². The molecular weight excluding hydrogens is 239 g/mol. The lowest BCUT2D eigenvalue weighted by Crippen LogP contribution is -2.10. The standard InChI is InChI=1S/C10H10F3NOS/c1-16-9-4-7(10(11,12)13)8(5-14-9)15-6-2-3-6/h4-6H,2-3H2,1H3. The fourth-order valence-corrected chi connectivity index (χ4v) is 1.61. The van der Waals surface area contributed by atoms with Crippen LogP contribution in [0, 0.1) is 0 Å². The van der Waals surface area contributed by atoms with Gasteiger partial charge in [0, 0.05) is 0 Å². The number of pyridine rings is 1. The van der Waals surface area contributed by atoms with Gasteiger partial charge in [-0.2, -0.15) is 13.2 Å². The minimum atomic E-state index is -4.39. The summed E-state index contributed by atoms with van der Waals surface area (Å²) in [6.45, 7) is 0. The van der Waals surface area contributed by atoms with E-state index in [2.05, 4.69) is 4.98 Å². The quantitative estimate of drug-likeness (QED) is 0.767. The maximum atomic E-state index is 12.7. The number of ether oxygens (including phenoxy) is 1. The van der Waals surface area contributed by atoms with Crippen LogP contribution in [-0.4, -0.2) is 17.3 Å². The fraction of sp³-hybridized carbons (Fsp3) is 0.500. The van der Waals surface area contributed by atoms with E-state index in [4.69, 9.17) is 4.74 Å². The van der Waals surface area contributed by atoms with Crippen molar-refractivity contribution in [1.82, 2.24) is 4.98 Å². The van der Waals surface area contributed by atoms with Crippen molar-refractivity contribution in [2.75, 3.05) is 6.26 Å². The van der Waals surface area contributed by atoms with E-state index in [1.807, 2.05) is 0 Å². The van der Waals surface area contributed by atoms with E-state index in [1.165, 1.54) is 11.8 Å². The lowest BCUT2D eigenvalue weighted by Gasteiger charge is -2.13. The molecule has 1 aromatic rings. The number of halogens is 3. The molecule has 1 saturated carbocycles. The summed E-state index contributed by atoms with van der Waals surface area (Å²) in [5.41, 5.74) is -0.737. The van der Waals surface area contributed by atoms with Crippen LogP contribution in [0.4, 0.5) is 13.2 Å². The van der Waals surface area contributed by atoms with Crippen LogP contribution in [0.3, 0.4) is 0 Å². The zero-order valence-electron chi connectivity index (χ0n) is 8.54. The maximum Gasteiger partial charge on any atom is 0.420 e. The lowest BCUT2D eigenvalue weighted by molar-refractivity contribution is -0.139. The number of hydrogen-bond acceptors (Lipinski definition) is 3. The molecule has 1 fully saturated rings. The molecular formula is C10H10F3NOS. The van der Waals surface area contributed by atoms with Gasteiger partial charge in [-0.3, -0.25) is 0 Å². The van der Waals surface area contributed by atoms with Crippen molar-refractivity contribution in [3.8, 4) is 5.75 Å². The third kappa shape index (κ3) is 2.61. The molecule has 2 rings (SSSR count). The van der Waals surface area contributed by atoms with Gasteiger partial charge in [0.25, 0.3) is 0 Å². The maximum absolute atomic E-state index is 12.7. The molecule has 0 radical (unpaired) electrons. The topological polar surface area (TPSA) is 22.1 Å². The number of alkyl halides is 3. The Morgan fingerprint density at radius 3 is 2.62 bits per heavy atom. The first-order chi connectivity index (χ1) is 7.50. The van der Waals surface area contributed by atoms with Crippen molar-refractivity contribution in [3.05, 3.63) is 17.8 Å². The van der Waals surface area contributed by atoms with Gasteiger partial charge in [0.05, 0.1) is 17.3 Å². The van der Waals surface area contributed by atoms with E-state index in [-0.39, 0.29) is 11.9 Å². The summed E-state index contributed by atoms with van der Waals surface area (Å²) in [4.78, 5) is 3.89. The van der Waals surface area contributed by atoms with Gasteiger partial charge in [-0.15, -0.1) is 11.8 Å². The van der Waals surface area contributed by atoms with Crippen molar-refractivity contribution < 1.29 is 17.9 Å². The van der Waals surface area contributed by atoms with E-state index >= 15 is 0 Å². The Labute approximate surface area is 95.2 Å². The van der Waals surface area contributed by atoms with E-state index in [0.717, 1.165) is 25.1 Å². The van der Waals surface area contributed by atoms with Gasteiger partial charge in [0.2, 0.25) is 0 Å². The number of hydrogen-bond donors (Lipinski definition) is 0. The molecule has 0 aliphatic heterocycles. The van der Waals surface area contributed by atoms with Gasteiger partial charge >= 0.3 is 6.18 Å². The van der Waals surface area contributed by atoms with Crippen LogP contribution in [-0.2, 0) is 6.18 Å². The second-order valence-electron chi connectivity index (χ2n) is 3.54. The first kappa shape index (κ1) is 11.6. The van der Waals surface area contributed by atoms with Crippen molar-refractivity contribution in [3.63, 3.8) is 0 Å². The van der Waals surface area contributed by atoms with Crippen LogP contribution in [0.1, 0.15) is 18.4 Å². The molecule has 2 nitrogen and oxygen atoms in total. The molecule has 1 aliphatic carbocycles. The molecule has 0 bridgehead atoms. The number of nitrogens with zero attached hydrogens (tertiary/aromatic N) is 1. The summed E-state index contributed by atoms with van der Waals surface area (Å²) in [6.07, 6.45) is 0.0283. The molecule has 0 saturated heterocycles. The fourth-order valence-electron chi connectivity index (χ4n) is 1.22. The molecule has 0 amide bonds. The highest BCUT2D eigenvalue weighted by Crippen LogP contribution is 2.39. The molecule has 88 valence electrons. The second kappa shape index (κ2) is 4.16. The van der Waals surface area contributed by atoms with E-state index in [9.17, 15) is 13.2 Å². The highest BCUT2D eigenvalue weighted by atomic mass is 32.2. The summed E-state index contributed by atoms with van der Waals surface area (Å²) < 4.78 is 43.3. The van der Waals surface area contributed by atoms with Crippen LogP contribution in [0.25, 0.3) is 0 Å². The molecule has 1 heterocycles. The van der Waals surface area contributed by atoms with Crippen molar-refractivity contribution in [2.24, 2.45) is 0 Å². The lowest BCUT2D eigenvalue weighted by atomic mass is 10.2. The molecule has 0 N–H and O–H groups in total. The molecule has 0 atom stereocenters. The van der Waals surface area contributed by atoms with Gasteiger partial charge < -0.3 is 4.74 Å². The van der Waals surface area contributed by atoms with Crippen molar-refractivity contribution in [1.29, 1.82) is 0 Å². The molecule has 0 spiro atoms. The Morgan fingerprint density at radius 2 is 2.12 bits per heavy atom. The Hall–Kier alpha value is -0.910. The Kier molecular flexibility index (Phi) is 3.01. The summed E-state index contributed by atoms with van der Waals surface area (Å²) >= 11 is 1.18. The zero-order chi connectivity index (χ0) is 11.8. The second-order valence-corrected chi connectivity index (χ2v) is 4.36. The first-order valence-electron chi connectivity index (χ1n) is 4.78. The molecule has 0 unspecified atom stereocenters. The molecule has 16 heavy (non-hydrogen) atoms. The van der Waals surface area contributed by atoms with Gasteiger partial charge in [-0.25, -0.2) is 4.98 Å². The minimum absolute atomic E-state index is 0.0666. The highest BCUT2D eigenvalue weighted by molar-refractivity contribution is 7.98. The Balaban J connectivity index is 2.33. The monoisotopic (exact) mass is 249 g/mol. The summed E-state index contributed by atoms with van der Waals surface area (Å²) in [5, 5.41) is 0.343. The number of rotatable bonds is 3. The van der Waals surface area contributed by atoms with Crippen LogP contribution >= 0.6 is 11.8 Å². The number of aromatic nitrogens is 1. The molecule has 1 aromatic heterocycles. The average Bonchev–Trinajstić information content (AvgIpc) is 3.01. The molecule has 0 aromatic carbocycles. The van der Waals surface area contributed by atoms with Crippen molar-refractivity contribution >= 4 is 11.8 Å². The first-order valence-corrected chi connectivity index (χ1v) is 6.01.